The first-order chi connectivity index (χ1) is 10.1. The molecule has 0 radical (unpaired) electrons. The Morgan fingerprint density at radius 3 is 2.62 bits per heavy atom. The Bertz CT molecular complexity index is 857. The second kappa shape index (κ2) is 4.90. The van der Waals surface area contributed by atoms with Crippen molar-refractivity contribution in [3.63, 3.8) is 0 Å². The van der Waals surface area contributed by atoms with Gasteiger partial charge in [0, 0.05) is 5.39 Å². The molecule has 0 unspecified atom stereocenters. The van der Waals surface area contributed by atoms with Crippen LogP contribution in [0.5, 0.6) is 5.75 Å². The number of benzene rings is 2. The van der Waals surface area contributed by atoms with Crippen LogP contribution in [0.3, 0.4) is 0 Å². The zero-order valence-corrected chi connectivity index (χ0v) is 11.5. The van der Waals surface area contributed by atoms with Gasteiger partial charge in [-0.3, -0.25) is 4.79 Å². The van der Waals surface area contributed by atoms with Gasteiger partial charge < -0.3 is 10.8 Å². The number of para-hydroxylation sites is 1. The van der Waals surface area contributed by atoms with E-state index in [0.29, 0.717) is 5.52 Å². The molecule has 0 aliphatic carbocycles. The first-order valence-corrected chi connectivity index (χ1v) is 6.56. The van der Waals surface area contributed by atoms with Gasteiger partial charge in [0.2, 0.25) is 0 Å². The van der Waals surface area contributed by atoms with Crippen molar-refractivity contribution in [2.24, 2.45) is 5.73 Å². The number of carbonyl (C=O) groups is 1. The molecule has 3 rings (SSSR count). The van der Waals surface area contributed by atoms with E-state index in [4.69, 9.17) is 5.73 Å². The highest BCUT2D eigenvalue weighted by Gasteiger charge is 2.12. The van der Waals surface area contributed by atoms with Crippen LogP contribution in [0, 0.1) is 6.92 Å². The molecule has 4 nitrogen and oxygen atoms in total. The Balaban J connectivity index is 2.40. The molecule has 21 heavy (non-hydrogen) atoms. The predicted octanol–water partition coefficient (Wildman–Crippen LogP) is 3.01. The van der Waals surface area contributed by atoms with Crippen LogP contribution < -0.4 is 5.73 Å². The van der Waals surface area contributed by atoms with Crippen molar-refractivity contribution in [3.8, 4) is 16.9 Å². The van der Waals surface area contributed by atoms with Crippen molar-refractivity contribution in [3.05, 3.63) is 59.8 Å². The quantitative estimate of drug-likeness (QED) is 0.756. The Kier molecular flexibility index (Phi) is 3.06. The van der Waals surface area contributed by atoms with Gasteiger partial charge in [-0.25, -0.2) is 4.98 Å². The number of rotatable bonds is 2. The number of aromatic nitrogens is 1. The van der Waals surface area contributed by atoms with Gasteiger partial charge in [-0.2, -0.15) is 0 Å². The number of pyridine rings is 1. The van der Waals surface area contributed by atoms with Crippen LogP contribution in [0.2, 0.25) is 0 Å². The van der Waals surface area contributed by atoms with Gasteiger partial charge in [-0.1, -0.05) is 24.3 Å². The number of nitrogens with zero attached hydrogens (tertiary/aromatic N) is 1. The van der Waals surface area contributed by atoms with E-state index in [-0.39, 0.29) is 11.4 Å². The third-order valence-corrected chi connectivity index (χ3v) is 3.48. The molecule has 0 fully saturated rings. The van der Waals surface area contributed by atoms with Gasteiger partial charge in [-0.15, -0.1) is 0 Å². The topological polar surface area (TPSA) is 76.2 Å². The average molecular weight is 278 g/mol. The molecular weight excluding hydrogens is 264 g/mol. The standard InChI is InChI=1S/C17H14N2O2/c1-10-6-7-11(20)8-13(10)14-9-16(17(18)21)19-15-5-3-2-4-12(14)15/h2-9,20H,1H3,(H2,18,21). The van der Waals surface area contributed by atoms with Crippen LogP contribution in [0.4, 0.5) is 0 Å². The van der Waals surface area contributed by atoms with E-state index in [1.807, 2.05) is 37.3 Å². The Labute approximate surface area is 121 Å². The molecule has 0 atom stereocenters. The molecule has 1 amide bonds. The number of hydrogen-bond donors (Lipinski definition) is 2. The lowest BCUT2D eigenvalue weighted by Gasteiger charge is -2.11. The summed E-state index contributed by atoms with van der Waals surface area (Å²) >= 11 is 0. The third-order valence-electron chi connectivity index (χ3n) is 3.48. The monoisotopic (exact) mass is 278 g/mol. The summed E-state index contributed by atoms with van der Waals surface area (Å²) in [7, 11) is 0. The number of carbonyl (C=O) groups excluding carboxylic acids is 1. The summed E-state index contributed by atoms with van der Waals surface area (Å²) in [6, 6.07) is 14.4. The number of primary amides is 1. The number of aryl methyl sites for hydroxylation is 1. The van der Waals surface area contributed by atoms with Crippen molar-refractivity contribution < 1.29 is 9.90 Å². The minimum atomic E-state index is -0.570. The number of aromatic hydroxyl groups is 1. The minimum Gasteiger partial charge on any atom is -0.508 e. The largest absolute Gasteiger partial charge is 0.508 e. The van der Waals surface area contributed by atoms with Crippen molar-refractivity contribution >= 4 is 16.8 Å². The van der Waals surface area contributed by atoms with Crippen LogP contribution in [0.15, 0.2) is 48.5 Å². The van der Waals surface area contributed by atoms with Crippen molar-refractivity contribution in [2.45, 2.75) is 6.92 Å². The van der Waals surface area contributed by atoms with E-state index in [1.165, 1.54) is 0 Å². The second-order valence-electron chi connectivity index (χ2n) is 4.94. The molecule has 3 N–H and O–H groups in total. The lowest BCUT2D eigenvalue weighted by Crippen LogP contribution is -2.13. The van der Waals surface area contributed by atoms with E-state index >= 15 is 0 Å². The Hall–Kier alpha value is -2.88. The van der Waals surface area contributed by atoms with Crippen LogP contribution in [0.1, 0.15) is 16.1 Å². The summed E-state index contributed by atoms with van der Waals surface area (Å²) in [5.74, 6) is -0.392. The molecule has 1 aromatic heterocycles. The molecule has 0 saturated carbocycles. The summed E-state index contributed by atoms with van der Waals surface area (Å²) in [6.07, 6.45) is 0. The molecule has 0 spiro atoms. The highest BCUT2D eigenvalue weighted by molar-refractivity contribution is 6.01. The van der Waals surface area contributed by atoms with Crippen molar-refractivity contribution in [1.82, 2.24) is 4.98 Å². The molecular formula is C17H14N2O2. The lowest BCUT2D eigenvalue weighted by molar-refractivity contribution is 0.0996. The van der Waals surface area contributed by atoms with Gasteiger partial charge in [0.05, 0.1) is 5.52 Å². The summed E-state index contributed by atoms with van der Waals surface area (Å²) in [5, 5.41) is 10.7. The van der Waals surface area contributed by atoms with Crippen LogP contribution in [-0.2, 0) is 0 Å². The van der Waals surface area contributed by atoms with Gasteiger partial charge >= 0.3 is 0 Å². The first-order valence-electron chi connectivity index (χ1n) is 6.56. The fourth-order valence-electron chi connectivity index (χ4n) is 2.42. The SMILES string of the molecule is Cc1ccc(O)cc1-c1cc(C(N)=O)nc2ccccc12. The predicted molar refractivity (Wildman–Crippen MR) is 82.1 cm³/mol. The summed E-state index contributed by atoms with van der Waals surface area (Å²) in [5.41, 5.74) is 8.98. The highest BCUT2D eigenvalue weighted by atomic mass is 16.3. The maximum atomic E-state index is 11.5. The normalized spacial score (nSPS) is 10.7. The molecule has 0 saturated heterocycles. The highest BCUT2D eigenvalue weighted by Crippen LogP contribution is 2.32. The molecule has 3 aromatic rings. The zero-order valence-electron chi connectivity index (χ0n) is 11.5. The first kappa shape index (κ1) is 13.1. The fraction of sp³-hybridized carbons (Fsp3) is 0.0588. The molecule has 104 valence electrons. The summed E-state index contributed by atoms with van der Waals surface area (Å²) in [6.45, 7) is 1.95. The van der Waals surface area contributed by atoms with Crippen molar-refractivity contribution in [2.75, 3.05) is 0 Å². The van der Waals surface area contributed by atoms with Gasteiger partial charge in [0.1, 0.15) is 11.4 Å². The van der Waals surface area contributed by atoms with E-state index < -0.39 is 5.91 Å². The average Bonchev–Trinajstić information content (AvgIpc) is 2.48. The molecule has 2 aromatic carbocycles. The number of nitrogens with two attached hydrogens (primary N) is 1. The number of fused-ring (bicyclic) bond motifs is 1. The zero-order chi connectivity index (χ0) is 15.0. The Morgan fingerprint density at radius 1 is 1.10 bits per heavy atom. The number of amides is 1. The molecule has 0 aliphatic heterocycles. The second-order valence-corrected chi connectivity index (χ2v) is 4.94. The van der Waals surface area contributed by atoms with E-state index in [0.717, 1.165) is 22.1 Å². The smallest absolute Gasteiger partial charge is 0.267 e. The van der Waals surface area contributed by atoms with Crippen LogP contribution >= 0.6 is 0 Å². The number of phenols is 1. The number of phenolic OH excluding ortho intramolecular Hbond substituents is 1. The maximum Gasteiger partial charge on any atom is 0.267 e. The lowest BCUT2D eigenvalue weighted by atomic mass is 9.96. The number of hydrogen-bond acceptors (Lipinski definition) is 3. The third kappa shape index (κ3) is 2.31. The molecule has 0 aliphatic rings. The van der Waals surface area contributed by atoms with Crippen molar-refractivity contribution in [1.29, 1.82) is 0 Å². The Morgan fingerprint density at radius 2 is 1.86 bits per heavy atom. The minimum absolute atomic E-state index is 0.178. The van der Waals surface area contributed by atoms with Crippen LogP contribution in [0.25, 0.3) is 22.0 Å². The fourth-order valence-corrected chi connectivity index (χ4v) is 2.42. The molecule has 0 bridgehead atoms. The van der Waals surface area contributed by atoms with Crippen LogP contribution in [-0.4, -0.2) is 16.0 Å². The summed E-state index contributed by atoms with van der Waals surface area (Å²) in [4.78, 5) is 15.8. The van der Waals surface area contributed by atoms with Gasteiger partial charge in [-0.05, 0) is 47.9 Å². The van der Waals surface area contributed by atoms with Gasteiger partial charge in [0.25, 0.3) is 5.91 Å². The maximum absolute atomic E-state index is 11.5. The summed E-state index contributed by atoms with van der Waals surface area (Å²) < 4.78 is 0. The molecule has 1 heterocycles. The van der Waals surface area contributed by atoms with E-state index in [2.05, 4.69) is 4.98 Å². The van der Waals surface area contributed by atoms with E-state index in [9.17, 15) is 9.90 Å². The van der Waals surface area contributed by atoms with Gasteiger partial charge in [0.15, 0.2) is 0 Å². The van der Waals surface area contributed by atoms with E-state index in [1.54, 1.807) is 18.2 Å². The molecule has 4 heteroatoms.